The Morgan fingerprint density at radius 3 is 2.29 bits per heavy atom. The molecule has 4 heteroatoms. The Hall–Kier alpha value is -3.01. The van der Waals surface area contributed by atoms with Crippen LogP contribution in [-0.2, 0) is 0 Å². The highest BCUT2D eigenvalue weighted by Gasteiger charge is 2.22. The van der Waals surface area contributed by atoms with Gasteiger partial charge in [-0.2, -0.15) is 4.90 Å². The van der Waals surface area contributed by atoms with Gasteiger partial charge in [-0.3, -0.25) is 0 Å². The summed E-state index contributed by atoms with van der Waals surface area (Å²) in [5, 5.41) is 35.9. The van der Waals surface area contributed by atoms with Crippen molar-refractivity contribution in [2.24, 2.45) is 0 Å². The minimum atomic E-state index is -0.388. The highest BCUT2D eigenvalue weighted by atomic mass is 16.8. The van der Waals surface area contributed by atoms with Gasteiger partial charge in [-0.15, -0.1) is 0 Å². The van der Waals surface area contributed by atoms with Crippen LogP contribution >= 0.6 is 0 Å². The van der Waals surface area contributed by atoms with Crippen LogP contribution in [0.3, 0.4) is 0 Å². The first-order valence-corrected chi connectivity index (χ1v) is 6.54. The van der Waals surface area contributed by atoms with Crippen molar-refractivity contribution in [1.29, 1.82) is 0 Å². The first kappa shape index (κ1) is 11.8. The molecule has 0 saturated heterocycles. The second-order valence-corrected chi connectivity index (χ2v) is 5.01. The second-order valence-electron chi connectivity index (χ2n) is 5.01. The maximum absolute atomic E-state index is 11.2. The zero-order valence-corrected chi connectivity index (χ0v) is 10.9. The van der Waals surface area contributed by atoms with E-state index in [4.69, 9.17) is 0 Å². The number of benzene rings is 3. The topological polar surface area (TPSA) is 69.4 Å². The predicted octanol–water partition coefficient (Wildman–Crippen LogP) is 3.52. The smallest absolute Gasteiger partial charge is 0.230 e. The van der Waals surface area contributed by atoms with Crippen LogP contribution in [0.2, 0.25) is 0 Å². The molecule has 0 bridgehead atoms. The van der Waals surface area contributed by atoms with E-state index in [1.54, 1.807) is 24.3 Å². The summed E-state index contributed by atoms with van der Waals surface area (Å²) in [4.78, 5) is -0.388. The van der Waals surface area contributed by atoms with Gasteiger partial charge in [0.15, 0.2) is 0 Å². The summed E-state index contributed by atoms with van der Waals surface area (Å²) >= 11 is 0. The molecule has 3 aromatic carbocycles. The zero-order chi connectivity index (χ0) is 14.6. The number of hydrogen-bond donors (Lipinski definition) is 1. The van der Waals surface area contributed by atoms with E-state index in [2.05, 4.69) is 0 Å². The quantitative estimate of drug-likeness (QED) is 0.388. The van der Waals surface area contributed by atoms with E-state index >= 15 is 0 Å². The van der Waals surface area contributed by atoms with E-state index in [0.29, 0.717) is 10.9 Å². The van der Waals surface area contributed by atoms with E-state index in [-0.39, 0.29) is 16.4 Å². The van der Waals surface area contributed by atoms with Gasteiger partial charge >= 0.3 is 0 Å². The Labute approximate surface area is 120 Å². The number of rotatable bonds is 0. The number of allylic oxidation sites excluding steroid dienone is 1. The molecule has 1 aliphatic rings. The Bertz CT molecular complexity index is 967. The van der Waals surface area contributed by atoms with E-state index in [9.17, 15) is 15.5 Å². The maximum Gasteiger partial charge on any atom is 0.230 e. The van der Waals surface area contributed by atoms with Crippen molar-refractivity contribution in [3.63, 3.8) is 0 Å². The molecule has 0 fully saturated rings. The molecule has 0 heterocycles. The number of phenols is 1. The molecule has 21 heavy (non-hydrogen) atoms. The van der Waals surface area contributed by atoms with Gasteiger partial charge in [-0.05, 0) is 23.1 Å². The molecule has 0 unspecified atom stereocenters. The minimum absolute atomic E-state index is 0.0581. The number of phenolic OH excluding ortho intramolecular Hbond substituents is 1. The van der Waals surface area contributed by atoms with Gasteiger partial charge in [0.1, 0.15) is 5.75 Å². The fourth-order valence-electron chi connectivity index (χ4n) is 3.04. The number of nitrogens with zero attached hydrogens (tertiary/aromatic N) is 1. The Balaban J connectivity index is 2.32. The van der Waals surface area contributed by atoms with Crippen LogP contribution in [0.1, 0.15) is 11.1 Å². The van der Waals surface area contributed by atoms with Crippen LogP contribution in [0.25, 0.3) is 27.6 Å². The third-order valence-corrected chi connectivity index (χ3v) is 3.94. The lowest BCUT2D eigenvalue weighted by Gasteiger charge is -2.18. The van der Waals surface area contributed by atoms with Gasteiger partial charge in [0, 0.05) is 22.2 Å². The summed E-state index contributed by atoms with van der Waals surface area (Å²) < 4.78 is 0. The van der Waals surface area contributed by atoms with Crippen molar-refractivity contribution in [3.05, 3.63) is 70.1 Å². The lowest BCUT2D eigenvalue weighted by molar-refractivity contribution is -0.377. The van der Waals surface area contributed by atoms with Crippen molar-refractivity contribution >= 4 is 33.3 Å². The van der Waals surface area contributed by atoms with Gasteiger partial charge in [0.2, 0.25) is 5.71 Å². The number of fused-ring (bicyclic) bond motifs is 2. The number of aromatic hydroxyl groups is 1. The average Bonchev–Trinajstić information content (AvgIpc) is 2.51. The lowest BCUT2D eigenvalue weighted by atomic mass is 9.87. The molecule has 4 rings (SSSR count). The molecule has 0 aromatic heterocycles. The Morgan fingerprint density at radius 1 is 0.810 bits per heavy atom. The first-order chi connectivity index (χ1) is 10.2. The fourth-order valence-corrected chi connectivity index (χ4v) is 3.04. The monoisotopic (exact) mass is 276 g/mol. The van der Waals surface area contributed by atoms with Gasteiger partial charge in [-0.25, -0.2) is 0 Å². The minimum Gasteiger partial charge on any atom is -0.612 e. The van der Waals surface area contributed by atoms with E-state index in [1.807, 2.05) is 24.3 Å². The average molecular weight is 276 g/mol. The maximum atomic E-state index is 11.2. The fraction of sp³-hybridized carbons (Fsp3) is 0. The largest absolute Gasteiger partial charge is 0.612 e. The zero-order valence-electron chi connectivity index (χ0n) is 10.9. The summed E-state index contributed by atoms with van der Waals surface area (Å²) in [5.41, 5.74) is 1.53. The Morgan fingerprint density at radius 2 is 1.52 bits per heavy atom. The van der Waals surface area contributed by atoms with Crippen LogP contribution in [0.5, 0.6) is 5.75 Å². The van der Waals surface area contributed by atoms with Crippen LogP contribution in [-0.4, -0.2) is 15.7 Å². The van der Waals surface area contributed by atoms with Crippen molar-refractivity contribution in [3.8, 4) is 5.75 Å². The predicted molar refractivity (Wildman–Crippen MR) is 83.3 cm³/mol. The molecule has 0 amide bonds. The molecule has 1 aliphatic carbocycles. The molecule has 4 nitrogen and oxygen atoms in total. The van der Waals surface area contributed by atoms with Crippen LogP contribution < -0.4 is 0 Å². The highest BCUT2D eigenvalue weighted by Crippen LogP contribution is 2.41. The summed E-state index contributed by atoms with van der Waals surface area (Å²) in [7, 11) is 0. The van der Waals surface area contributed by atoms with Gasteiger partial charge in [0.05, 0.1) is 5.56 Å². The molecule has 0 atom stereocenters. The molecule has 0 saturated carbocycles. The number of hydrogen-bond acceptors (Lipinski definition) is 3. The van der Waals surface area contributed by atoms with Crippen molar-refractivity contribution in [1.82, 2.24) is 0 Å². The van der Waals surface area contributed by atoms with Crippen molar-refractivity contribution in [2.45, 2.75) is 0 Å². The van der Waals surface area contributed by atoms with Crippen LogP contribution in [0, 0.1) is 10.4 Å². The molecular formula is C17H10NO3-. The standard InChI is InChI=1S/C17H10NO3/c19-17-12-5-2-1-4-10(12)11-8-9-15(18(20)21)13-6-3-7-14(17)16(11)13/h1-9H,(H-,19,20,21)/q-1. The molecule has 0 radical (unpaired) electrons. The molecule has 0 aliphatic heterocycles. The van der Waals surface area contributed by atoms with Gasteiger partial charge < -0.3 is 15.5 Å². The van der Waals surface area contributed by atoms with Crippen molar-refractivity contribution < 1.29 is 10.0 Å². The molecule has 0 spiro atoms. The summed E-state index contributed by atoms with van der Waals surface area (Å²) in [5.74, 6) is 0.171. The Kier molecular flexibility index (Phi) is 2.24. The van der Waals surface area contributed by atoms with Crippen LogP contribution in [0.4, 0.5) is 0 Å². The third kappa shape index (κ3) is 1.47. The summed E-state index contributed by atoms with van der Waals surface area (Å²) in [6.45, 7) is 0. The first-order valence-electron chi connectivity index (χ1n) is 6.54. The van der Waals surface area contributed by atoms with E-state index < -0.39 is 0 Å². The second kappa shape index (κ2) is 3.99. The third-order valence-electron chi connectivity index (χ3n) is 3.94. The van der Waals surface area contributed by atoms with E-state index in [0.717, 1.165) is 21.7 Å². The SMILES string of the molecule is [O-][N+]([O-])=C1C=Cc2c3ccccc3c(O)c3cccc1c23. The molecular weight excluding hydrogens is 266 g/mol. The van der Waals surface area contributed by atoms with Gasteiger partial charge in [0.25, 0.3) is 0 Å². The highest BCUT2D eigenvalue weighted by molar-refractivity contribution is 6.25. The van der Waals surface area contributed by atoms with Crippen molar-refractivity contribution in [2.75, 3.05) is 0 Å². The normalized spacial score (nSPS) is 13.0. The summed E-state index contributed by atoms with van der Waals surface area (Å²) in [6, 6.07) is 12.8. The molecule has 1 N–H and O–H groups in total. The molecule has 3 aromatic rings. The van der Waals surface area contributed by atoms with E-state index in [1.165, 1.54) is 6.08 Å². The van der Waals surface area contributed by atoms with Crippen LogP contribution in [0.15, 0.2) is 48.5 Å². The summed E-state index contributed by atoms with van der Waals surface area (Å²) in [6.07, 6.45) is 3.29. The van der Waals surface area contributed by atoms with Gasteiger partial charge in [-0.1, -0.05) is 36.4 Å². The lowest BCUT2D eigenvalue weighted by Crippen LogP contribution is -2.12. The molecule has 102 valence electrons.